The highest BCUT2D eigenvalue weighted by Gasteiger charge is 2.25. The summed E-state index contributed by atoms with van der Waals surface area (Å²) in [5.74, 6) is 0.462. The number of carbonyl (C=O) groups is 1. The maximum atomic E-state index is 11.0. The van der Waals surface area contributed by atoms with Gasteiger partial charge in [0.25, 0.3) is 0 Å². The van der Waals surface area contributed by atoms with Crippen LogP contribution in [0.25, 0.3) is 0 Å². The highest BCUT2D eigenvalue weighted by atomic mass is 16.1. The molecule has 2 aliphatic rings. The largest absolute Gasteiger partial charge is 0.300 e. The van der Waals surface area contributed by atoms with Crippen molar-refractivity contribution in [2.24, 2.45) is 0 Å². The Labute approximate surface area is 73.9 Å². The quantitative estimate of drug-likeness (QED) is 0.591. The topological polar surface area (TPSA) is 20.3 Å². The number of carbonyl (C=O) groups excluding carboxylic acids is 1. The van der Waals surface area contributed by atoms with Crippen LogP contribution in [-0.2, 0) is 4.79 Å². The van der Waals surface area contributed by atoms with Crippen molar-refractivity contribution in [2.75, 3.05) is 13.1 Å². The molecule has 1 aliphatic heterocycles. The van der Waals surface area contributed by atoms with Crippen LogP contribution in [0, 0.1) is 0 Å². The second kappa shape index (κ2) is 3.56. The van der Waals surface area contributed by atoms with Crippen LogP contribution in [0.5, 0.6) is 0 Å². The van der Waals surface area contributed by atoms with Crippen LogP contribution in [0.4, 0.5) is 0 Å². The number of rotatable bonds is 1. The fourth-order valence-corrected chi connectivity index (χ4v) is 2.41. The molecule has 1 saturated heterocycles. The minimum atomic E-state index is 0.462. The normalized spacial score (nSPS) is 28.2. The molecule has 0 N–H and O–H groups in total. The van der Waals surface area contributed by atoms with Gasteiger partial charge in [0.1, 0.15) is 5.78 Å². The van der Waals surface area contributed by atoms with Crippen molar-refractivity contribution < 1.29 is 4.79 Å². The summed E-state index contributed by atoms with van der Waals surface area (Å²) in [6.45, 7) is 2.06. The molecule has 2 fully saturated rings. The van der Waals surface area contributed by atoms with Gasteiger partial charge in [-0.2, -0.15) is 0 Å². The summed E-state index contributed by atoms with van der Waals surface area (Å²) in [5, 5.41) is 0. The van der Waals surface area contributed by atoms with Gasteiger partial charge < -0.3 is 0 Å². The Balaban J connectivity index is 1.84. The maximum absolute atomic E-state index is 11.0. The zero-order valence-corrected chi connectivity index (χ0v) is 7.59. The first-order valence-corrected chi connectivity index (χ1v) is 5.12. The Hall–Kier alpha value is -0.370. The van der Waals surface area contributed by atoms with Gasteiger partial charge in [0.05, 0.1) is 0 Å². The second-order valence-electron chi connectivity index (χ2n) is 4.01. The average molecular weight is 167 g/mol. The first-order valence-electron chi connectivity index (χ1n) is 5.12. The van der Waals surface area contributed by atoms with Gasteiger partial charge in [-0.25, -0.2) is 0 Å². The standard InChI is InChI=1S/C10H17NO/c12-10-5-7-11(8-6-10)9-3-1-2-4-9/h9H,1-8H2. The molecule has 1 saturated carbocycles. The molecule has 0 radical (unpaired) electrons. The highest BCUT2D eigenvalue weighted by molar-refractivity contribution is 5.79. The fourth-order valence-electron chi connectivity index (χ4n) is 2.41. The fraction of sp³-hybridized carbons (Fsp3) is 0.900. The van der Waals surface area contributed by atoms with Crippen molar-refractivity contribution in [2.45, 2.75) is 44.6 Å². The molecule has 2 heteroatoms. The van der Waals surface area contributed by atoms with Crippen molar-refractivity contribution in [3.05, 3.63) is 0 Å². The monoisotopic (exact) mass is 167 g/mol. The molecular formula is C10H17NO. The van der Waals surface area contributed by atoms with Crippen molar-refractivity contribution in [1.29, 1.82) is 0 Å². The molecule has 1 heterocycles. The molecule has 0 bridgehead atoms. The number of ketones is 1. The van der Waals surface area contributed by atoms with E-state index in [1.807, 2.05) is 0 Å². The Morgan fingerprint density at radius 2 is 1.67 bits per heavy atom. The number of nitrogens with zero attached hydrogens (tertiary/aromatic N) is 1. The lowest BCUT2D eigenvalue weighted by atomic mass is 10.1. The van der Waals surface area contributed by atoms with E-state index in [0.717, 1.165) is 32.0 Å². The van der Waals surface area contributed by atoms with E-state index in [2.05, 4.69) is 4.90 Å². The highest BCUT2D eigenvalue weighted by Crippen LogP contribution is 2.25. The zero-order chi connectivity index (χ0) is 8.39. The molecule has 0 unspecified atom stereocenters. The predicted octanol–water partition coefficient (Wildman–Crippen LogP) is 1.59. The van der Waals surface area contributed by atoms with Gasteiger partial charge in [0, 0.05) is 32.0 Å². The summed E-state index contributed by atoms with van der Waals surface area (Å²) < 4.78 is 0. The summed E-state index contributed by atoms with van der Waals surface area (Å²) in [7, 11) is 0. The maximum Gasteiger partial charge on any atom is 0.135 e. The number of hydrogen-bond donors (Lipinski definition) is 0. The van der Waals surface area contributed by atoms with Gasteiger partial charge in [-0.15, -0.1) is 0 Å². The molecule has 68 valence electrons. The van der Waals surface area contributed by atoms with E-state index in [1.54, 1.807) is 0 Å². The predicted molar refractivity (Wildman–Crippen MR) is 48.1 cm³/mol. The molecule has 0 atom stereocenters. The van der Waals surface area contributed by atoms with Crippen LogP contribution in [0.2, 0.25) is 0 Å². The van der Waals surface area contributed by atoms with Crippen molar-refractivity contribution >= 4 is 5.78 Å². The summed E-state index contributed by atoms with van der Waals surface area (Å²) in [6, 6.07) is 0.818. The van der Waals surface area contributed by atoms with E-state index in [0.29, 0.717) is 5.78 Å². The molecule has 0 aromatic heterocycles. The third-order valence-electron chi connectivity index (χ3n) is 3.20. The lowest BCUT2D eigenvalue weighted by Gasteiger charge is -2.31. The van der Waals surface area contributed by atoms with E-state index in [1.165, 1.54) is 25.7 Å². The Morgan fingerprint density at radius 3 is 2.25 bits per heavy atom. The minimum absolute atomic E-state index is 0.462. The molecule has 2 rings (SSSR count). The summed E-state index contributed by atoms with van der Waals surface area (Å²) in [4.78, 5) is 13.5. The van der Waals surface area contributed by atoms with Gasteiger partial charge in [-0.3, -0.25) is 9.69 Å². The number of piperidine rings is 1. The van der Waals surface area contributed by atoms with Crippen molar-refractivity contribution in [3.8, 4) is 0 Å². The van der Waals surface area contributed by atoms with Crippen LogP contribution in [0.15, 0.2) is 0 Å². The Bertz CT molecular complexity index is 163. The number of Topliss-reactive ketones (excluding diaryl/α,β-unsaturated/α-hetero) is 1. The molecule has 2 nitrogen and oxygen atoms in total. The van der Waals surface area contributed by atoms with Gasteiger partial charge in [0.15, 0.2) is 0 Å². The molecule has 12 heavy (non-hydrogen) atoms. The molecule has 0 amide bonds. The summed E-state index contributed by atoms with van der Waals surface area (Å²) in [5.41, 5.74) is 0. The minimum Gasteiger partial charge on any atom is -0.300 e. The van der Waals surface area contributed by atoms with Gasteiger partial charge >= 0.3 is 0 Å². The van der Waals surface area contributed by atoms with Crippen LogP contribution < -0.4 is 0 Å². The molecule has 0 aromatic carbocycles. The first-order chi connectivity index (χ1) is 5.86. The van der Waals surface area contributed by atoms with Crippen LogP contribution in [0.1, 0.15) is 38.5 Å². The van der Waals surface area contributed by atoms with E-state index >= 15 is 0 Å². The van der Waals surface area contributed by atoms with E-state index < -0.39 is 0 Å². The van der Waals surface area contributed by atoms with Gasteiger partial charge in [-0.1, -0.05) is 12.8 Å². The van der Waals surface area contributed by atoms with Crippen molar-refractivity contribution in [3.63, 3.8) is 0 Å². The third-order valence-corrected chi connectivity index (χ3v) is 3.20. The lowest BCUT2D eigenvalue weighted by molar-refractivity contribution is -0.121. The second-order valence-corrected chi connectivity index (χ2v) is 4.01. The number of hydrogen-bond acceptors (Lipinski definition) is 2. The van der Waals surface area contributed by atoms with Crippen molar-refractivity contribution in [1.82, 2.24) is 4.90 Å². The van der Waals surface area contributed by atoms with E-state index in [4.69, 9.17) is 0 Å². The van der Waals surface area contributed by atoms with Crippen LogP contribution in [0.3, 0.4) is 0 Å². The summed E-state index contributed by atoms with van der Waals surface area (Å²) >= 11 is 0. The van der Waals surface area contributed by atoms with E-state index in [-0.39, 0.29) is 0 Å². The van der Waals surface area contributed by atoms with Gasteiger partial charge in [0.2, 0.25) is 0 Å². The Kier molecular flexibility index (Phi) is 2.45. The first kappa shape index (κ1) is 8.24. The molecule has 1 aliphatic carbocycles. The number of likely N-dealkylation sites (tertiary alicyclic amines) is 1. The van der Waals surface area contributed by atoms with Crippen LogP contribution in [-0.4, -0.2) is 29.8 Å². The zero-order valence-electron chi connectivity index (χ0n) is 7.59. The smallest absolute Gasteiger partial charge is 0.135 e. The SMILES string of the molecule is O=C1CCN(C2CCCC2)CC1. The molecule has 0 aromatic rings. The Morgan fingerprint density at radius 1 is 1.08 bits per heavy atom. The molecular weight excluding hydrogens is 150 g/mol. The molecule has 0 spiro atoms. The van der Waals surface area contributed by atoms with Gasteiger partial charge in [-0.05, 0) is 12.8 Å². The van der Waals surface area contributed by atoms with E-state index in [9.17, 15) is 4.79 Å². The third kappa shape index (κ3) is 1.69. The van der Waals surface area contributed by atoms with Crippen LogP contribution >= 0.6 is 0 Å². The lowest BCUT2D eigenvalue weighted by Crippen LogP contribution is -2.40. The summed E-state index contributed by atoms with van der Waals surface area (Å²) in [6.07, 6.45) is 7.14. The average Bonchev–Trinajstić information content (AvgIpc) is 2.58.